The molecule has 0 aromatic heterocycles. The van der Waals surface area contributed by atoms with Crippen LogP contribution in [0.5, 0.6) is 0 Å². The van der Waals surface area contributed by atoms with Gasteiger partial charge in [0.05, 0.1) is 0 Å². The SMILES string of the molecule is CCCC(=CCCC(C)C)CCC. The molecule has 0 amide bonds. The van der Waals surface area contributed by atoms with E-state index in [-0.39, 0.29) is 0 Å². The molecule has 78 valence electrons. The van der Waals surface area contributed by atoms with Gasteiger partial charge >= 0.3 is 0 Å². The summed E-state index contributed by atoms with van der Waals surface area (Å²) in [5.41, 5.74) is 1.69. The van der Waals surface area contributed by atoms with Gasteiger partial charge in [-0.25, -0.2) is 0 Å². The van der Waals surface area contributed by atoms with Crippen LogP contribution in [-0.2, 0) is 0 Å². The van der Waals surface area contributed by atoms with Gasteiger partial charge in [0.2, 0.25) is 0 Å². The van der Waals surface area contributed by atoms with E-state index in [0.29, 0.717) is 0 Å². The Labute approximate surface area is 84.4 Å². The fourth-order valence-electron chi connectivity index (χ4n) is 1.59. The van der Waals surface area contributed by atoms with E-state index in [0.717, 1.165) is 5.92 Å². The minimum atomic E-state index is 0.848. The van der Waals surface area contributed by atoms with Gasteiger partial charge in [-0.05, 0) is 31.6 Å². The maximum Gasteiger partial charge on any atom is -0.0323 e. The van der Waals surface area contributed by atoms with Crippen LogP contribution in [0.1, 0.15) is 66.2 Å². The van der Waals surface area contributed by atoms with Crippen LogP contribution in [0.2, 0.25) is 0 Å². The second kappa shape index (κ2) is 8.34. The van der Waals surface area contributed by atoms with E-state index in [9.17, 15) is 0 Å². The van der Waals surface area contributed by atoms with Crippen LogP contribution in [0.4, 0.5) is 0 Å². The highest BCUT2D eigenvalue weighted by Gasteiger charge is 1.95. The van der Waals surface area contributed by atoms with E-state index in [4.69, 9.17) is 0 Å². The molecule has 0 unspecified atom stereocenters. The molecule has 0 radical (unpaired) electrons. The number of allylic oxidation sites excluding steroid dienone is 2. The van der Waals surface area contributed by atoms with E-state index in [1.165, 1.54) is 38.5 Å². The Hall–Kier alpha value is -0.260. The molecule has 0 aromatic carbocycles. The lowest BCUT2D eigenvalue weighted by Crippen LogP contribution is -1.87. The third-order valence-electron chi connectivity index (χ3n) is 2.32. The predicted octanol–water partition coefficient (Wildman–Crippen LogP) is 4.95. The Balaban J connectivity index is 3.74. The van der Waals surface area contributed by atoms with Gasteiger partial charge in [-0.15, -0.1) is 0 Å². The lowest BCUT2D eigenvalue weighted by molar-refractivity contribution is 0.591. The average Bonchev–Trinajstić information content (AvgIpc) is 2.04. The average molecular weight is 182 g/mol. The summed E-state index contributed by atoms with van der Waals surface area (Å²) in [6.45, 7) is 9.14. The molecule has 0 aliphatic rings. The Morgan fingerprint density at radius 3 is 2.00 bits per heavy atom. The van der Waals surface area contributed by atoms with E-state index in [2.05, 4.69) is 33.8 Å². The van der Waals surface area contributed by atoms with Gasteiger partial charge in [0.1, 0.15) is 0 Å². The summed E-state index contributed by atoms with van der Waals surface area (Å²) in [4.78, 5) is 0. The van der Waals surface area contributed by atoms with Crippen molar-refractivity contribution in [3.8, 4) is 0 Å². The van der Waals surface area contributed by atoms with Crippen LogP contribution in [0.3, 0.4) is 0 Å². The zero-order valence-corrected chi connectivity index (χ0v) is 9.90. The molecule has 0 nitrogen and oxygen atoms in total. The fraction of sp³-hybridized carbons (Fsp3) is 0.846. The highest BCUT2D eigenvalue weighted by Crippen LogP contribution is 2.14. The molecule has 0 aliphatic heterocycles. The molecule has 0 heteroatoms. The van der Waals surface area contributed by atoms with Gasteiger partial charge in [0, 0.05) is 0 Å². The third-order valence-corrected chi connectivity index (χ3v) is 2.32. The van der Waals surface area contributed by atoms with E-state index < -0.39 is 0 Å². The van der Waals surface area contributed by atoms with Crippen molar-refractivity contribution in [2.24, 2.45) is 5.92 Å². The van der Waals surface area contributed by atoms with Crippen molar-refractivity contribution in [3.05, 3.63) is 11.6 Å². The summed E-state index contributed by atoms with van der Waals surface area (Å²) < 4.78 is 0. The summed E-state index contributed by atoms with van der Waals surface area (Å²) in [6, 6.07) is 0. The highest BCUT2D eigenvalue weighted by atomic mass is 14.0. The molecule has 0 rings (SSSR count). The molecule has 0 aliphatic carbocycles. The van der Waals surface area contributed by atoms with E-state index >= 15 is 0 Å². The first-order chi connectivity index (χ1) is 6.20. The van der Waals surface area contributed by atoms with Crippen LogP contribution < -0.4 is 0 Å². The molecular weight excluding hydrogens is 156 g/mol. The van der Waals surface area contributed by atoms with E-state index in [1.807, 2.05) is 0 Å². The van der Waals surface area contributed by atoms with Crippen molar-refractivity contribution in [3.63, 3.8) is 0 Å². The van der Waals surface area contributed by atoms with Gasteiger partial charge in [-0.3, -0.25) is 0 Å². The van der Waals surface area contributed by atoms with Crippen molar-refractivity contribution in [1.82, 2.24) is 0 Å². The summed E-state index contributed by atoms with van der Waals surface area (Å²) in [5, 5.41) is 0. The van der Waals surface area contributed by atoms with Gasteiger partial charge < -0.3 is 0 Å². The Morgan fingerprint density at radius 1 is 1.08 bits per heavy atom. The maximum atomic E-state index is 2.48. The van der Waals surface area contributed by atoms with Crippen LogP contribution >= 0.6 is 0 Å². The molecule has 0 atom stereocenters. The third kappa shape index (κ3) is 8.08. The quantitative estimate of drug-likeness (QED) is 0.489. The maximum absolute atomic E-state index is 2.48. The van der Waals surface area contributed by atoms with Crippen molar-refractivity contribution in [2.75, 3.05) is 0 Å². The van der Waals surface area contributed by atoms with Crippen LogP contribution in [0, 0.1) is 5.92 Å². The first kappa shape index (κ1) is 12.7. The molecule has 13 heavy (non-hydrogen) atoms. The zero-order chi connectivity index (χ0) is 10.1. The summed E-state index contributed by atoms with van der Waals surface area (Å²) in [6.07, 6.45) is 10.3. The van der Waals surface area contributed by atoms with Crippen LogP contribution in [0.25, 0.3) is 0 Å². The Morgan fingerprint density at radius 2 is 1.62 bits per heavy atom. The van der Waals surface area contributed by atoms with Gasteiger partial charge in [-0.2, -0.15) is 0 Å². The largest absolute Gasteiger partial charge is 0.0853 e. The van der Waals surface area contributed by atoms with Crippen molar-refractivity contribution in [1.29, 1.82) is 0 Å². The van der Waals surface area contributed by atoms with Crippen molar-refractivity contribution >= 4 is 0 Å². The Kier molecular flexibility index (Phi) is 8.18. The van der Waals surface area contributed by atoms with Gasteiger partial charge in [0.15, 0.2) is 0 Å². The molecular formula is C13H26. The summed E-state index contributed by atoms with van der Waals surface area (Å²) >= 11 is 0. The molecule has 0 fully saturated rings. The number of hydrogen-bond acceptors (Lipinski definition) is 0. The molecule has 0 spiro atoms. The summed E-state index contributed by atoms with van der Waals surface area (Å²) in [7, 11) is 0. The predicted molar refractivity (Wildman–Crippen MR) is 62.0 cm³/mol. The fourth-order valence-corrected chi connectivity index (χ4v) is 1.59. The second-order valence-electron chi connectivity index (χ2n) is 4.33. The summed E-state index contributed by atoms with van der Waals surface area (Å²) in [5.74, 6) is 0.848. The smallest absolute Gasteiger partial charge is 0.0323 e. The lowest BCUT2D eigenvalue weighted by Gasteiger charge is -2.05. The molecule has 0 saturated heterocycles. The first-order valence-corrected chi connectivity index (χ1v) is 5.88. The van der Waals surface area contributed by atoms with Gasteiger partial charge in [-0.1, -0.05) is 52.2 Å². The molecule has 0 N–H and O–H groups in total. The molecule has 0 saturated carbocycles. The number of hydrogen-bond donors (Lipinski definition) is 0. The molecule has 0 bridgehead atoms. The van der Waals surface area contributed by atoms with Crippen LogP contribution in [0.15, 0.2) is 11.6 Å². The normalized spacial score (nSPS) is 10.5. The molecule has 0 aromatic rings. The topological polar surface area (TPSA) is 0 Å². The monoisotopic (exact) mass is 182 g/mol. The van der Waals surface area contributed by atoms with E-state index in [1.54, 1.807) is 5.57 Å². The van der Waals surface area contributed by atoms with Crippen molar-refractivity contribution in [2.45, 2.75) is 66.2 Å². The number of rotatable bonds is 7. The molecule has 0 heterocycles. The second-order valence-corrected chi connectivity index (χ2v) is 4.33. The lowest BCUT2D eigenvalue weighted by atomic mass is 10.0. The Bertz CT molecular complexity index is 123. The first-order valence-electron chi connectivity index (χ1n) is 5.88. The standard InChI is InChI=1S/C13H26/c1-5-8-13(9-6-2)11-7-10-12(3)4/h11-12H,5-10H2,1-4H3. The zero-order valence-electron chi connectivity index (χ0n) is 9.90. The van der Waals surface area contributed by atoms with Crippen LogP contribution in [-0.4, -0.2) is 0 Å². The van der Waals surface area contributed by atoms with Gasteiger partial charge in [0.25, 0.3) is 0 Å². The minimum absolute atomic E-state index is 0.848. The van der Waals surface area contributed by atoms with Crippen molar-refractivity contribution < 1.29 is 0 Å². The minimum Gasteiger partial charge on any atom is -0.0853 e. The highest BCUT2D eigenvalue weighted by molar-refractivity contribution is 5.01.